The highest BCUT2D eigenvalue weighted by atomic mass is 32.2. The van der Waals surface area contributed by atoms with Crippen LogP contribution in [-0.2, 0) is 14.8 Å². The van der Waals surface area contributed by atoms with Crippen LogP contribution in [0.15, 0.2) is 18.2 Å². The maximum Gasteiger partial charge on any atom is 0.228 e. The summed E-state index contributed by atoms with van der Waals surface area (Å²) < 4.78 is 40.8. The second kappa shape index (κ2) is 4.78. The number of carbonyl (C=O) groups is 1. The number of hydrogen-bond donors (Lipinski definition) is 1. The van der Waals surface area contributed by atoms with Gasteiger partial charge in [0.05, 0.1) is 12.8 Å². The minimum absolute atomic E-state index is 0.0791. The zero-order valence-electron chi connectivity index (χ0n) is 10.2. The van der Waals surface area contributed by atoms with Gasteiger partial charge in [-0.05, 0) is 6.07 Å². The van der Waals surface area contributed by atoms with Gasteiger partial charge in [0.25, 0.3) is 0 Å². The Labute approximate surface area is 110 Å². The Morgan fingerprint density at radius 3 is 2.63 bits per heavy atom. The van der Waals surface area contributed by atoms with Crippen LogP contribution in [0.25, 0.3) is 0 Å². The largest absolute Gasteiger partial charge is 0.497 e. The number of primary sulfonamides is 1. The van der Waals surface area contributed by atoms with E-state index in [1.807, 2.05) is 0 Å². The quantitative estimate of drug-likeness (QED) is 0.862. The Morgan fingerprint density at radius 1 is 1.42 bits per heavy atom. The van der Waals surface area contributed by atoms with Crippen molar-refractivity contribution in [1.29, 1.82) is 0 Å². The molecule has 1 fully saturated rings. The molecule has 1 atom stereocenters. The molecule has 1 unspecified atom stereocenters. The van der Waals surface area contributed by atoms with Gasteiger partial charge in [0.15, 0.2) is 0 Å². The van der Waals surface area contributed by atoms with E-state index in [4.69, 9.17) is 9.88 Å². The number of rotatable bonds is 3. The number of benzene rings is 1. The summed E-state index contributed by atoms with van der Waals surface area (Å²) in [7, 11) is -2.42. The molecule has 1 aliphatic heterocycles. The van der Waals surface area contributed by atoms with Crippen LogP contribution in [0.1, 0.15) is 6.42 Å². The van der Waals surface area contributed by atoms with Gasteiger partial charge in [-0.2, -0.15) is 0 Å². The maximum atomic E-state index is 13.4. The van der Waals surface area contributed by atoms with Gasteiger partial charge in [0.1, 0.15) is 16.8 Å². The fourth-order valence-electron chi connectivity index (χ4n) is 1.97. The third-order valence-electron chi connectivity index (χ3n) is 2.96. The Kier molecular flexibility index (Phi) is 3.46. The van der Waals surface area contributed by atoms with Crippen molar-refractivity contribution < 1.29 is 22.3 Å². The fraction of sp³-hybridized carbons (Fsp3) is 0.364. The number of ether oxygens (including phenoxy) is 1. The molecule has 0 aromatic heterocycles. The van der Waals surface area contributed by atoms with Crippen LogP contribution in [0, 0.1) is 5.82 Å². The van der Waals surface area contributed by atoms with E-state index in [0.717, 1.165) is 6.07 Å². The smallest absolute Gasteiger partial charge is 0.228 e. The third-order valence-corrected chi connectivity index (χ3v) is 4.20. The van der Waals surface area contributed by atoms with Gasteiger partial charge in [-0.15, -0.1) is 0 Å². The molecule has 6 nitrogen and oxygen atoms in total. The van der Waals surface area contributed by atoms with E-state index in [9.17, 15) is 17.6 Å². The van der Waals surface area contributed by atoms with Crippen molar-refractivity contribution in [2.24, 2.45) is 5.14 Å². The van der Waals surface area contributed by atoms with Crippen LogP contribution < -0.4 is 14.8 Å². The van der Waals surface area contributed by atoms with Crippen molar-refractivity contribution >= 4 is 21.6 Å². The maximum absolute atomic E-state index is 13.4. The molecule has 2 rings (SSSR count). The van der Waals surface area contributed by atoms with Gasteiger partial charge in [-0.3, -0.25) is 4.79 Å². The molecule has 1 aromatic rings. The molecule has 104 valence electrons. The van der Waals surface area contributed by atoms with E-state index in [2.05, 4.69) is 0 Å². The minimum atomic E-state index is -3.79. The average Bonchev–Trinajstić information content (AvgIpc) is 2.70. The van der Waals surface area contributed by atoms with Crippen LogP contribution in [0.4, 0.5) is 10.1 Å². The van der Waals surface area contributed by atoms with Crippen LogP contribution in [0.2, 0.25) is 0 Å². The van der Waals surface area contributed by atoms with Gasteiger partial charge < -0.3 is 9.64 Å². The van der Waals surface area contributed by atoms with E-state index in [1.54, 1.807) is 0 Å². The zero-order valence-corrected chi connectivity index (χ0v) is 11.0. The second-order valence-corrected chi connectivity index (χ2v) is 6.11. The van der Waals surface area contributed by atoms with Crippen LogP contribution in [0.5, 0.6) is 5.75 Å². The summed E-state index contributed by atoms with van der Waals surface area (Å²) in [5.41, 5.74) is 0.257. The molecule has 2 N–H and O–H groups in total. The Balaban J connectivity index is 2.33. The number of methoxy groups -OCH3 is 1. The highest BCUT2D eigenvalue weighted by molar-refractivity contribution is 7.89. The summed E-state index contributed by atoms with van der Waals surface area (Å²) in [5, 5.41) is 4.06. The number of carbonyl (C=O) groups excluding carboxylic acids is 1. The molecule has 0 spiro atoms. The lowest BCUT2D eigenvalue weighted by atomic mass is 10.2. The Bertz CT molecular complexity index is 617. The lowest BCUT2D eigenvalue weighted by molar-refractivity contribution is -0.117. The van der Waals surface area contributed by atoms with Gasteiger partial charge >= 0.3 is 0 Å². The van der Waals surface area contributed by atoms with Crippen molar-refractivity contribution in [3.8, 4) is 5.75 Å². The summed E-state index contributed by atoms with van der Waals surface area (Å²) in [6.07, 6.45) is -0.197. The second-order valence-electron chi connectivity index (χ2n) is 4.27. The van der Waals surface area contributed by atoms with Gasteiger partial charge in [0, 0.05) is 25.1 Å². The number of nitrogens with zero attached hydrogens (tertiary/aromatic N) is 1. The monoisotopic (exact) mass is 288 g/mol. The topological polar surface area (TPSA) is 89.7 Å². The summed E-state index contributed by atoms with van der Waals surface area (Å²) in [6, 6.07) is 3.78. The normalized spacial score (nSPS) is 19.8. The molecule has 8 heteroatoms. The SMILES string of the molecule is COc1cc(F)cc(N2CC(S(N)(=O)=O)CC2=O)c1. The third kappa shape index (κ3) is 2.85. The van der Waals surface area contributed by atoms with Gasteiger partial charge in [-0.25, -0.2) is 17.9 Å². The van der Waals surface area contributed by atoms with Gasteiger partial charge in [-0.1, -0.05) is 0 Å². The van der Waals surface area contributed by atoms with E-state index in [1.165, 1.54) is 24.1 Å². The number of nitrogens with two attached hydrogens (primary N) is 1. The molecule has 1 aromatic carbocycles. The molecule has 0 radical (unpaired) electrons. The molecule has 0 saturated carbocycles. The molecule has 1 heterocycles. The van der Waals surface area contributed by atoms with Crippen molar-refractivity contribution in [1.82, 2.24) is 0 Å². The van der Waals surface area contributed by atoms with E-state index in [-0.39, 0.29) is 24.4 Å². The standard InChI is InChI=1S/C11H13FN2O4S/c1-18-9-3-7(12)2-8(4-9)14-6-10(5-11(14)15)19(13,16)17/h2-4,10H,5-6H2,1H3,(H2,13,16,17). The molecule has 1 aliphatic rings. The predicted octanol–water partition coefficient (Wildman–Crippen LogP) is 0.228. The lowest BCUT2D eigenvalue weighted by Gasteiger charge is -2.17. The summed E-state index contributed by atoms with van der Waals surface area (Å²) in [5.74, 6) is -0.727. The zero-order chi connectivity index (χ0) is 14.2. The summed E-state index contributed by atoms with van der Waals surface area (Å²) in [4.78, 5) is 13.0. The van der Waals surface area contributed by atoms with Crippen molar-refractivity contribution in [3.05, 3.63) is 24.0 Å². The summed E-state index contributed by atoms with van der Waals surface area (Å²) in [6.45, 7) is -0.0791. The molecule has 0 aliphatic carbocycles. The number of anilines is 1. The molecule has 0 bridgehead atoms. The predicted molar refractivity (Wildman–Crippen MR) is 66.8 cm³/mol. The number of amides is 1. The molecular weight excluding hydrogens is 275 g/mol. The molecule has 19 heavy (non-hydrogen) atoms. The first-order chi connectivity index (χ1) is 8.81. The van der Waals surface area contributed by atoms with E-state index >= 15 is 0 Å². The van der Waals surface area contributed by atoms with Crippen molar-refractivity contribution in [3.63, 3.8) is 0 Å². The average molecular weight is 288 g/mol. The van der Waals surface area contributed by atoms with Crippen LogP contribution >= 0.6 is 0 Å². The molecular formula is C11H13FN2O4S. The number of hydrogen-bond acceptors (Lipinski definition) is 4. The first-order valence-corrected chi connectivity index (χ1v) is 7.09. The first kappa shape index (κ1) is 13.8. The van der Waals surface area contributed by atoms with Crippen molar-refractivity contribution in [2.75, 3.05) is 18.6 Å². The Morgan fingerprint density at radius 2 is 2.11 bits per heavy atom. The highest BCUT2D eigenvalue weighted by Gasteiger charge is 2.37. The first-order valence-electron chi connectivity index (χ1n) is 5.48. The van der Waals surface area contributed by atoms with Crippen LogP contribution in [-0.4, -0.2) is 33.2 Å². The van der Waals surface area contributed by atoms with Crippen molar-refractivity contribution in [2.45, 2.75) is 11.7 Å². The summed E-state index contributed by atoms with van der Waals surface area (Å²) >= 11 is 0. The number of halogens is 1. The molecule has 1 saturated heterocycles. The minimum Gasteiger partial charge on any atom is -0.497 e. The lowest BCUT2D eigenvalue weighted by Crippen LogP contribution is -2.32. The Hall–Kier alpha value is -1.67. The molecule has 1 amide bonds. The van der Waals surface area contributed by atoms with E-state index < -0.39 is 27.0 Å². The fourth-order valence-corrected chi connectivity index (χ4v) is 2.70. The highest BCUT2D eigenvalue weighted by Crippen LogP contribution is 2.28. The number of sulfonamides is 1. The van der Waals surface area contributed by atoms with Crippen LogP contribution in [0.3, 0.4) is 0 Å². The van der Waals surface area contributed by atoms with Gasteiger partial charge in [0.2, 0.25) is 15.9 Å². The van der Waals surface area contributed by atoms with E-state index in [0.29, 0.717) is 0 Å².